The fourth-order valence-corrected chi connectivity index (χ4v) is 3.02. The number of thiazole rings is 1. The second-order valence-corrected chi connectivity index (χ2v) is 6.42. The molecule has 1 N–H and O–H groups in total. The molecular formula is C18H24N2O4S. The van der Waals surface area contributed by atoms with Gasteiger partial charge in [-0.25, -0.2) is 4.98 Å². The molecule has 0 bridgehead atoms. The van der Waals surface area contributed by atoms with Crippen molar-refractivity contribution in [2.75, 3.05) is 25.1 Å². The third-order valence-electron chi connectivity index (χ3n) is 3.42. The molecule has 2 rings (SSSR count). The topological polar surface area (TPSA) is 69.7 Å². The van der Waals surface area contributed by atoms with E-state index in [1.54, 1.807) is 12.1 Å². The molecule has 0 saturated carbocycles. The highest BCUT2D eigenvalue weighted by atomic mass is 32.1. The van der Waals surface area contributed by atoms with Gasteiger partial charge in [0.15, 0.2) is 16.6 Å². The minimum Gasteiger partial charge on any atom is -0.490 e. The van der Waals surface area contributed by atoms with Gasteiger partial charge in [-0.15, -0.1) is 11.3 Å². The molecule has 0 fully saturated rings. The van der Waals surface area contributed by atoms with E-state index < -0.39 is 0 Å². The summed E-state index contributed by atoms with van der Waals surface area (Å²) in [5, 5.41) is 3.40. The second-order valence-electron chi connectivity index (χ2n) is 5.22. The number of nitrogens with zero attached hydrogens (tertiary/aromatic N) is 1. The van der Waals surface area contributed by atoms with Crippen LogP contribution in [0.2, 0.25) is 0 Å². The zero-order valence-corrected chi connectivity index (χ0v) is 16.1. The number of carbonyl (C=O) groups is 1. The summed E-state index contributed by atoms with van der Waals surface area (Å²) >= 11 is 1.45. The van der Waals surface area contributed by atoms with Crippen molar-refractivity contribution in [3.05, 3.63) is 28.3 Å². The lowest BCUT2D eigenvalue weighted by molar-refractivity contribution is 0.102. The first kappa shape index (κ1) is 19.1. The van der Waals surface area contributed by atoms with Crippen LogP contribution in [-0.4, -0.2) is 30.7 Å². The molecule has 25 heavy (non-hydrogen) atoms. The van der Waals surface area contributed by atoms with Gasteiger partial charge in [0, 0.05) is 10.4 Å². The van der Waals surface area contributed by atoms with E-state index in [0.29, 0.717) is 47.8 Å². The fourth-order valence-electron chi connectivity index (χ4n) is 2.22. The van der Waals surface area contributed by atoms with Crippen molar-refractivity contribution in [1.29, 1.82) is 0 Å². The van der Waals surface area contributed by atoms with Crippen LogP contribution in [0.1, 0.15) is 41.7 Å². The van der Waals surface area contributed by atoms with Crippen LogP contribution in [0.5, 0.6) is 17.2 Å². The average Bonchev–Trinajstić information content (AvgIpc) is 2.88. The van der Waals surface area contributed by atoms with E-state index in [2.05, 4.69) is 10.3 Å². The standard InChI is InChI=1S/C18H24N2O4S/c1-6-22-14-9-13(10-15(23-7-2)16(14)24-8-3)17(21)20-18-19-11(4)12(5)25-18/h9-10H,6-8H2,1-5H3,(H,19,20,21). The van der Waals surface area contributed by atoms with Crippen molar-refractivity contribution in [3.63, 3.8) is 0 Å². The molecule has 1 heterocycles. The van der Waals surface area contributed by atoms with Crippen molar-refractivity contribution in [1.82, 2.24) is 4.98 Å². The van der Waals surface area contributed by atoms with E-state index in [1.807, 2.05) is 34.6 Å². The molecule has 0 radical (unpaired) electrons. The van der Waals surface area contributed by atoms with E-state index in [1.165, 1.54) is 11.3 Å². The number of amides is 1. The summed E-state index contributed by atoms with van der Waals surface area (Å²) in [6.45, 7) is 10.9. The highest BCUT2D eigenvalue weighted by Gasteiger charge is 2.19. The van der Waals surface area contributed by atoms with Gasteiger partial charge in [-0.05, 0) is 46.8 Å². The van der Waals surface area contributed by atoms with Gasteiger partial charge in [0.05, 0.1) is 25.5 Å². The van der Waals surface area contributed by atoms with Crippen molar-refractivity contribution < 1.29 is 19.0 Å². The summed E-state index contributed by atoms with van der Waals surface area (Å²) in [6.07, 6.45) is 0. The maximum atomic E-state index is 12.6. The number of anilines is 1. The molecule has 7 heteroatoms. The number of carbonyl (C=O) groups excluding carboxylic acids is 1. The second kappa shape index (κ2) is 8.71. The molecular weight excluding hydrogens is 340 g/mol. The summed E-state index contributed by atoms with van der Waals surface area (Å²) < 4.78 is 16.9. The molecule has 1 amide bonds. The largest absolute Gasteiger partial charge is 0.490 e. The highest BCUT2D eigenvalue weighted by Crippen LogP contribution is 2.39. The normalized spacial score (nSPS) is 10.4. The molecule has 0 aliphatic heterocycles. The molecule has 0 atom stereocenters. The lowest BCUT2D eigenvalue weighted by Crippen LogP contribution is -2.13. The van der Waals surface area contributed by atoms with E-state index >= 15 is 0 Å². The van der Waals surface area contributed by atoms with Crippen molar-refractivity contribution >= 4 is 22.4 Å². The SMILES string of the molecule is CCOc1cc(C(=O)Nc2nc(C)c(C)s2)cc(OCC)c1OCC. The zero-order chi connectivity index (χ0) is 18.4. The van der Waals surface area contributed by atoms with Crippen LogP contribution in [0.4, 0.5) is 5.13 Å². The number of rotatable bonds is 8. The molecule has 0 aliphatic carbocycles. The molecule has 0 aliphatic rings. The number of ether oxygens (including phenoxy) is 3. The van der Waals surface area contributed by atoms with Crippen LogP contribution in [0.3, 0.4) is 0 Å². The zero-order valence-electron chi connectivity index (χ0n) is 15.3. The number of benzene rings is 1. The molecule has 0 spiro atoms. The fraction of sp³-hybridized carbons (Fsp3) is 0.444. The van der Waals surface area contributed by atoms with Crippen LogP contribution in [0.25, 0.3) is 0 Å². The molecule has 2 aromatic rings. The molecule has 1 aromatic carbocycles. The first-order chi connectivity index (χ1) is 12.0. The molecule has 0 saturated heterocycles. The first-order valence-corrected chi connectivity index (χ1v) is 9.13. The Balaban J connectivity index is 2.36. The molecule has 6 nitrogen and oxygen atoms in total. The smallest absolute Gasteiger partial charge is 0.257 e. The Labute approximate surface area is 152 Å². The lowest BCUT2D eigenvalue weighted by atomic mass is 10.1. The van der Waals surface area contributed by atoms with Crippen LogP contribution in [-0.2, 0) is 0 Å². The Kier molecular flexibility index (Phi) is 6.64. The maximum absolute atomic E-state index is 12.6. The number of aryl methyl sites for hydroxylation is 2. The van der Waals surface area contributed by atoms with E-state index in [0.717, 1.165) is 10.6 Å². The summed E-state index contributed by atoms with van der Waals surface area (Å²) in [5.74, 6) is 1.24. The third-order valence-corrected chi connectivity index (χ3v) is 4.41. The minimum absolute atomic E-state index is 0.265. The number of hydrogen-bond donors (Lipinski definition) is 1. The number of hydrogen-bond acceptors (Lipinski definition) is 6. The van der Waals surface area contributed by atoms with Gasteiger partial charge in [0.2, 0.25) is 5.75 Å². The number of nitrogens with one attached hydrogen (secondary N) is 1. The van der Waals surface area contributed by atoms with Gasteiger partial charge in [-0.2, -0.15) is 0 Å². The van der Waals surface area contributed by atoms with Gasteiger partial charge < -0.3 is 14.2 Å². The van der Waals surface area contributed by atoms with Crippen molar-refractivity contribution in [2.45, 2.75) is 34.6 Å². The van der Waals surface area contributed by atoms with Gasteiger partial charge in [-0.3, -0.25) is 10.1 Å². The quantitative estimate of drug-likeness (QED) is 0.760. The van der Waals surface area contributed by atoms with E-state index in [4.69, 9.17) is 14.2 Å². The molecule has 136 valence electrons. The first-order valence-electron chi connectivity index (χ1n) is 8.31. The predicted molar refractivity (Wildman–Crippen MR) is 99.5 cm³/mol. The van der Waals surface area contributed by atoms with Gasteiger partial charge in [0.1, 0.15) is 0 Å². The van der Waals surface area contributed by atoms with Gasteiger partial charge in [0.25, 0.3) is 5.91 Å². The van der Waals surface area contributed by atoms with E-state index in [9.17, 15) is 4.79 Å². The Morgan fingerprint density at radius 2 is 1.60 bits per heavy atom. The monoisotopic (exact) mass is 364 g/mol. The summed E-state index contributed by atoms with van der Waals surface area (Å²) in [4.78, 5) is 18.0. The average molecular weight is 364 g/mol. The maximum Gasteiger partial charge on any atom is 0.257 e. The van der Waals surface area contributed by atoms with Crippen LogP contribution in [0.15, 0.2) is 12.1 Å². The van der Waals surface area contributed by atoms with Gasteiger partial charge in [-0.1, -0.05) is 0 Å². The van der Waals surface area contributed by atoms with Crippen LogP contribution in [0, 0.1) is 13.8 Å². The number of aromatic nitrogens is 1. The third kappa shape index (κ3) is 4.63. The minimum atomic E-state index is -0.265. The van der Waals surface area contributed by atoms with Crippen molar-refractivity contribution in [3.8, 4) is 17.2 Å². The Morgan fingerprint density at radius 3 is 2.04 bits per heavy atom. The Hall–Kier alpha value is -2.28. The Bertz CT molecular complexity index is 696. The van der Waals surface area contributed by atoms with E-state index in [-0.39, 0.29) is 5.91 Å². The van der Waals surface area contributed by atoms with Gasteiger partial charge >= 0.3 is 0 Å². The summed E-state index contributed by atoms with van der Waals surface area (Å²) in [7, 11) is 0. The highest BCUT2D eigenvalue weighted by molar-refractivity contribution is 7.15. The lowest BCUT2D eigenvalue weighted by Gasteiger charge is -2.16. The van der Waals surface area contributed by atoms with Crippen LogP contribution < -0.4 is 19.5 Å². The summed E-state index contributed by atoms with van der Waals surface area (Å²) in [6, 6.07) is 3.33. The van der Waals surface area contributed by atoms with Crippen LogP contribution >= 0.6 is 11.3 Å². The van der Waals surface area contributed by atoms with Crippen molar-refractivity contribution in [2.24, 2.45) is 0 Å². The summed E-state index contributed by atoms with van der Waals surface area (Å²) in [5.41, 5.74) is 1.35. The molecule has 1 aromatic heterocycles. The predicted octanol–water partition coefficient (Wildman–Crippen LogP) is 4.21. The molecule has 0 unspecified atom stereocenters. The Morgan fingerprint density at radius 1 is 1.04 bits per heavy atom.